The Morgan fingerprint density at radius 3 is 2.80 bits per heavy atom. The van der Waals surface area contributed by atoms with Crippen molar-refractivity contribution in [1.82, 2.24) is 0 Å². The Kier molecular flexibility index (Phi) is 4.07. The third kappa shape index (κ3) is 2.97. The van der Waals surface area contributed by atoms with Gasteiger partial charge in [-0.1, -0.05) is 40.8 Å². The van der Waals surface area contributed by atoms with Gasteiger partial charge in [0.25, 0.3) is 0 Å². The highest BCUT2D eigenvalue weighted by molar-refractivity contribution is 9.09. The third-order valence-corrected chi connectivity index (χ3v) is 3.80. The summed E-state index contributed by atoms with van der Waals surface area (Å²) in [5.41, 5.74) is 1.49. The minimum Gasteiger partial charge on any atom is -0.465 e. The minimum atomic E-state index is 0.767. The average Bonchev–Trinajstić information content (AvgIpc) is 2.80. The van der Waals surface area contributed by atoms with Gasteiger partial charge in [-0.15, -0.1) is 0 Å². The van der Waals surface area contributed by atoms with Gasteiger partial charge in [0, 0.05) is 5.33 Å². The highest BCUT2D eigenvalue weighted by Crippen LogP contribution is 2.31. The second-order valence-corrected chi connectivity index (χ2v) is 4.76. The first kappa shape index (κ1) is 11.0. The van der Waals surface area contributed by atoms with E-state index in [-0.39, 0.29) is 0 Å². The number of halogens is 1. The highest BCUT2D eigenvalue weighted by atomic mass is 79.9. The highest BCUT2D eigenvalue weighted by Gasteiger charge is 2.17. The lowest BCUT2D eigenvalue weighted by Gasteiger charge is -2.23. The molecule has 2 rings (SSSR count). The van der Waals surface area contributed by atoms with Crippen molar-refractivity contribution in [2.24, 2.45) is 5.92 Å². The van der Waals surface area contributed by atoms with Crippen LogP contribution in [0.4, 0.5) is 0 Å². The standard InChI is InChI=1S/C13H17BrO/c14-10-12(9-13-7-4-8-15-13)11-5-2-1-3-6-11/h4,7-9,11H,1-3,5-6,10H2/b12-9-. The van der Waals surface area contributed by atoms with Crippen molar-refractivity contribution in [3.8, 4) is 0 Å². The van der Waals surface area contributed by atoms with Gasteiger partial charge < -0.3 is 4.42 Å². The molecule has 1 saturated carbocycles. The van der Waals surface area contributed by atoms with Gasteiger partial charge in [-0.3, -0.25) is 0 Å². The monoisotopic (exact) mass is 268 g/mol. The van der Waals surface area contributed by atoms with Crippen molar-refractivity contribution in [2.75, 3.05) is 5.33 Å². The molecule has 0 spiro atoms. The van der Waals surface area contributed by atoms with Crippen LogP contribution in [0.3, 0.4) is 0 Å². The van der Waals surface area contributed by atoms with E-state index in [1.807, 2.05) is 12.1 Å². The molecule has 1 nitrogen and oxygen atoms in total. The van der Waals surface area contributed by atoms with Crippen molar-refractivity contribution < 1.29 is 4.42 Å². The molecule has 1 aliphatic rings. The van der Waals surface area contributed by atoms with E-state index in [0.29, 0.717) is 0 Å². The molecule has 1 fully saturated rings. The van der Waals surface area contributed by atoms with E-state index < -0.39 is 0 Å². The Bertz CT molecular complexity index is 307. The van der Waals surface area contributed by atoms with Gasteiger partial charge in [-0.05, 0) is 37.0 Å². The fourth-order valence-corrected chi connectivity index (χ4v) is 2.91. The van der Waals surface area contributed by atoms with Crippen LogP contribution in [0.5, 0.6) is 0 Å². The van der Waals surface area contributed by atoms with Crippen LogP contribution in [0.15, 0.2) is 28.4 Å². The van der Waals surface area contributed by atoms with Gasteiger partial charge >= 0.3 is 0 Å². The smallest absolute Gasteiger partial charge is 0.126 e. The van der Waals surface area contributed by atoms with Crippen LogP contribution in [0.1, 0.15) is 37.9 Å². The summed E-state index contributed by atoms with van der Waals surface area (Å²) < 4.78 is 5.36. The number of allylic oxidation sites excluding steroid dienone is 1. The molecule has 0 unspecified atom stereocenters. The summed E-state index contributed by atoms with van der Waals surface area (Å²) in [7, 11) is 0. The van der Waals surface area contributed by atoms with Crippen LogP contribution >= 0.6 is 15.9 Å². The van der Waals surface area contributed by atoms with Crippen LogP contribution in [-0.4, -0.2) is 5.33 Å². The lowest BCUT2D eigenvalue weighted by molar-refractivity contribution is 0.405. The summed E-state index contributed by atoms with van der Waals surface area (Å²) in [5.74, 6) is 1.75. The molecule has 0 atom stereocenters. The lowest BCUT2D eigenvalue weighted by Crippen LogP contribution is -2.09. The van der Waals surface area contributed by atoms with Gasteiger partial charge in [-0.2, -0.15) is 0 Å². The number of hydrogen-bond acceptors (Lipinski definition) is 1. The Balaban J connectivity index is 2.08. The maximum atomic E-state index is 5.36. The summed E-state index contributed by atoms with van der Waals surface area (Å²) in [6.07, 6.45) is 10.8. The van der Waals surface area contributed by atoms with Crippen molar-refractivity contribution >= 4 is 22.0 Å². The number of alkyl halides is 1. The predicted octanol–water partition coefficient (Wildman–Crippen LogP) is 4.64. The van der Waals surface area contributed by atoms with Gasteiger partial charge in [0.2, 0.25) is 0 Å². The Labute approximate surface area is 99.7 Å². The van der Waals surface area contributed by atoms with Crippen molar-refractivity contribution in [3.05, 3.63) is 29.7 Å². The van der Waals surface area contributed by atoms with E-state index in [0.717, 1.165) is 17.0 Å². The van der Waals surface area contributed by atoms with Crippen LogP contribution in [0, 0.1) is 5.92 Å². The molecule has 2 heteroatoms. The molecule has 0 N–H and O–H groups in total. The molecule has 1 heterocycles. The summed E-state index contributed by atoms with van der Waals surface area (Å²) in [6.45, 7) is 0. The summed E-state index contributed by atoms with van der Waals surface area (Å²) >= 11 is 3.59. The van der Waals surface area contributed by atoms with Gasteiger partial charge in [-0.25, -0.2) is 0 Å². The molecule has 0 aliphatic heterocycles. The fraction of sp³-hybridized carbons (Fsp3) is 0.538. The first-order valence-corrected chi connectivity index (χ1v) is 6.82. The normalized spacial score (nSPS) is 19.4. The van der Waals surface area contributed by atoms with E-state index >= 15 is 0 Å². The predicted molar refractivity (Wildman–Crippen MR) is 67.1 cm³/mol. The molecule has 0 radical (unpaired) electrons. The average molecular weight is 269 g/mol. The molecule has 1 aliphatic carbocycles. The van der Waals surface area contributed by atoms with E-state index in [4.69, 9.17) is 4.42 Å². The Morgan fingerprint density at radius 1 is 1.40 bits per heavy atom. The Hall–Kier alpha value is -0.500. The fourth-order valence-electron chi connectivity index (χ4n) is 2.30. The number of hydrogen-bond donors (Lipinski definition) is 0. The van der Waals surface area contributed by atoms with Gasteiger partial charge in [0.05, 0.1) is 6.26 Å². The van der Waals surface area contributed by atoms with Crippen molar-refractivity contribution in [2.45, 2.75) is 32.1 Å². The molecular formula is C13H17BrO. The molecule has 82 valence electrons. The maximum Gasteiger partial charge on any atom is 0.126 e. The molecule has 0 bridgehead atoms. The first-order valence-electron chi connectivity index (χ1n) is 5.70. The second kappa shape index (κ2) is 5.55. The van der Waals surface area contributed by atoms with Crippen molar-refractivity contribution in [1.29, 1.82) is 0 Å². The van der Waals surface area contributed by atoms with Gasteiger partial charge in [0.15, 0.2) is 0 Å². The van der Waals surface area contributed by atoms with E-state index in [9.17, 15) is 0 Å². The SMILES string of the molecule is BrC/C(=C/c1ccco1)C1CCCCC1. The van der Waals surface area contributed by atoms with Crippen molar-refractivity contribution in [3.63, 3.8) is 0 Å². The van der Waals surface area contributed by atoms with Crippen LogP contribution in [0.2, 0.25) is 0 Å². The minimum absolute atomic E-state index is 0.767. The topological polar surface area (TPSA) is 13.1 Å². The summed E-state index contributed by atoms with van der Waals surface area (Å²) in [4.78, 5) is 0. The maximum absolute atomic E-state index is 5.36. The van der Waals surface area contributed by atoms with Crippen LogP contribution in [0.25, 0.3) is 6.08 Å². The largest absolute Gasteiger partial charge is 0.465 e. The molecule has 0 saturated heterocycles. The lowest BCUT2D eigenvalue weighted by atomic mass is 9.84. The van der Waals surface area contributed by atoms with E-state index in [1.54, 1.807) is 6.26 Å². The van der Waals surface area contributed by atoms with Crippen LogP contribution in [-0.2, 0) is 0 Å². The van der Waals surface area contributed by atoms with E-state index in [2.05, 4.69) is 22.0 Å². The molecular weight excluding hydrogens is 252 g/mol. The summed E-state index contributed by atoms with van der Waals surface area (Å²) in [5, 5.41) is 0.971. The molecule has 1 aromatic rings. The first-order chi connectivity index (χ1) is 7.40. The third-order valence-electron chi connectivity index (χ3n) is 3.15. The number of furan rings is 1. The molecule has 1 aromatic heterocycles. The second-order valence-electron chi connectivity index (χ2n) is 4.20. The number of rotatable bonds is 3. The van der Waals surface area contributed by atoms with Gasteiger partial charge in [0.1, 0.15) is 5.76 Å². The molecule has 0 aromatic carbocycles. The quantitative estimate of drug-likeness (QED) is 0.729. The zero-order valence-electron chi connectivity index (χ0n) is 8.92. The molecule has 15 heavy (non-hydrogen) atoms. The summed E-state index contributed by atoms with van der Waals surface area (Å²) in [6, 6.07) is 3.96. The zero-order chi connectivity index (χ0) is 10.5. The zero-order valence-corrected chi connectivity index (χ0v) is 10.5. The Morgan fingerprint density at radius 2 is 2.20 bits per heavy atom. The molecule has 0 amide bonds. The van der Waals surface area contributed by atoms with E-state index in [1.165, 1.54) is 37.7 Å². The van der Waals surface area contributed by atoms with Crippen LogP contribution < -0.4 is 0 Å².